The number of aliphatic hydroxyl groups is 1. The summed E-state index contributed by atoms with van der Waals surface area (Å²) in [4.78, 5) is 2.05. The van der Waals surface area contributed by atoms with Crippen molar-refractivity contribution in [1.29, 1.82) is 0 Å². The number of aliphatic hydroxyl groups excluding tert-OH is 1. The van der Waals surface area contributed by atoms with Crippen molar-refractivity contribution in [2.45, 2.75) is 19.4 Å². The third-order valence-electron chi connectivity index (χ3n) is 3.38. The Morgan fingerprint density at radius 3 is 2.33 bits per heavy atom. The number of para-hydroxylation sites is 1. The minimum absolute atomic E-state index is 0.518. The van der Waals surface area contributed by atoms with Gasteiger partial charge in [-0.1, -0.05) is 37.3 Å². The normalized spacial score (nSPS) is 12.0. The van der Waals surface area contributed by atoms with Crippen LogP contribution in [0.15, 0.2) is 54.6 Å². The van der Waals surface area contributed by atoms with E-state index in [-0.39, 0.29) is 0 Å². The summed E-state index contributed by atoms with van der Waals surface area (Å²) in [5.74, 6) is 0.851. The van der Waals surface area contributed by atoms with Crippen LogP contribution in [-0.4, -0.2) is 25.3 Å². The van der Waals surface area contributed by atoms with E-state index in [0.717, 1.165) is 30.0 Å². The Bertz CT molecular complexity index is 525. The van der Waals surface area contributed by atoms with Gasteiger partial charge in [-0.05, 0) is 36.2 Å². The lowest BCUT2D eigenvalue weighted by atomic mass is 10.1. The smallest absolute Gasteiger partial charge is 0.119 e. The summed E-state index contributed by atoms with van der Waals surface area (Å²) >= 11 is 0. The van der Waals surface area contributed by atoms with Gasteiger partial charge < -0.3 is 14.7 Å². The topological polar surface area (TPSA) is 32.7 Å². The van der Waals surface area contributed by atoms with E-state index in [1.165, 1.54) is 0 Å². The molecular formula is C18H23NO2. The van der Waals surface area contributed by atoms with E-state index in [4.69, 9.17) is 4.74 Å². The first-order valence-electron chi connectivity index (χ1n) is 7.37. The molecule has 2 rings (SSSR count). The Balaban J connectivity index is 1.95. The molecule has 0 aliphatic heterocycles. The average molecular weight is 285 g/mol. The van der Waals surface area contributed by atoms with Gasteiger partial charge in [-0.2, -0.15) is 0 Å². The Morgan fingerprint density at radius 1 is 1.05 bits per heavy atom. The maximum atomic E-state index is 10.3. The van der Waals surface area contributed by atoms with Crippen LogP contribution in [0.2, 0.25) is 0 Å². The first kappa shape index (κ1) is 15.4. The summed E-state index contributed by atoms with van der Waals surface area (Å²) in [5, 5.41) is 10.3. The molecule has 1 N–H and O–H groups in total. The Hall–Kier alpha value is -2.00. The first-order valence-corrected chi connectivity index (χ1v) is 7.37. The zero-order valence-corrected chi connectivity index (χ0v) is 12.7. The number of nitrogens with zero attached hydrogens (tertiary/aromatic N) is 1. The monoisotopic (exact) mass is 285 g/mol. The molecule has 0 saturated heterocycles. The molecule has 112 valence electrons. The van der Waals surface area contributed by atoms with E-state index in [2.05, 4.69) is 6.92 Å². The largest absolute Gasteiger partial charge is 0.494 e. The molecule has 1 atom stereocenters. The fourth-order valence-corrected chi connectivity index (χ4v) is 2.16. The van der Waals surface area contributed by atoms with Crippen LogP contribution < -0.4 is 9.64 Å². The second-order valence-corrected chi connectivity index (χ2v) is 5.15. The van der Waals surface area contributed by atoms with E-state index in [0.29, 0.717) is 6.54 Å². The lowest BCUT2D eigenvalue weighted by Gasteiger charge is -2.23. The van der Waals surface area contributed by atoms with Crippen LogP contribution in [0, 0.1) is 0 Å². The number of benzene rings is 2. The molecule has 0 aliphatic carbocycles. The van der Waals surface area contributed by atoms with E-state index in [1.807, 2.05) is 66.5 Å². The Labute approximate surface area is 126 Å². The Morgan fingerprint density at radius 2 is 1.71 bits per heavy atom. The molecule has 1 unspecified atom stereocenters. The van der Waals surface area contributed by atoms with Crippen molar-refractivity contribution >= 4 is 5.69 Å². The van der Waals surface area contributed by atoms with Gasteiger partial charge in [-0.3, -0.25) is 0 Å². The number of hydrogen-bond donors (Lipinski definition) is 1. The zero-order chi connectivity index (χ0) is 15.1. The van der Waals surface area contributed by atoms with Crippen molar-refractivity contribution in [3.63, 3.8) is 0 Å². The molecule has 0 aliphatic rings. The first-order chi connectivity index (χ1) is 10.2. The maximum absolute atomic E-state index is 10.3. The van der Waals surface area contributed by atoms with Crippen molar-refractivity contribution in [2.24, 2.45) is 0 Å². The third kappa shape index (κ3) is 4.50. The van der Waals surface area contributed by atoms with Gasteiger partial charge in [-0.15, -0.1) is 0 Å². The molecule has 0 radical (unpaired) electrons. The number of rotatable bonds is 7. The van der Waals surface area contributed by atoms with Gasteiger partial charge in [0.25, 0.3) is 0 Å². The van der Waals surface area contributed by atoms with Gasteiger partial charge in [0.15, 0.2) is 0 Å². The lowest BCUT2D eigenvalue weighted by Crippen LogP contribution is -2.24. The van der Waals surface area contributed by atoms with Crippen molar-refractivity contribution in [3.05, 3.63) is 60.2 Å². The van der Waals surface area contributed by atoms with Crippen molar-refractivity contribution < 1.29 is 9.84 Å². The molecule has 3 nitrogen and oxygen atoms in total. The van der Waals surface area contributed by atoms with Gasteiger partial charge >= 0.3 is 0 Å². The molecule has 2 aromatic rings. The highest BCUT2D eigenvalue weighted by Crippen LogP contribution is 2.21. The van der Waals surface area contributed by atoms with Gasteiger partial charge in [0.1, 0.15) is 5.75 Å². The van der Waals surface area contributed by atoms with E-state index in [1.54, 1.807) is 0 Å². The van der Waals surface area contributed by atoms with Gasteiger partial charge in [0.05, 0.1) is 12.7 Å². The minimum atomic E-state index is -0.518. The van der Waals surface area contributed by atoms with Crippen LogP contribution >= 0.6 is 0 Å². The lowest BCUT2D eigenvalue weighted by molar-refractivity contribution is 0.185. The summed E-state index contributed by atoms with van der Waals surface area (Å²) in [6.07, 6.45) is 0.474. The highest BCUT2D eigenvalue weighted by atomic mass is 16.5. The molecule has 0 aromatic heterocycles. The molecule has 0 spiro atoms. The summed E-state index contributed by atoms with van der Waals surface area (Å²) in [5.41, 5.74) is 2.00. The quantitative estimate of drug-likeness (QED) is 0.843. The molecule has 0 amide bonds. The second kappa shape index (κ2) is 7.70. The van der Waals surface area contributed by atoms with Crippen LogP contribution in [0.1, 0.15) is 25.0 Å². The third-order valence-corrected chi connectivity index (χ3v) is 3.38. The summed E-state index contributed by atoms with van der Waals surface area (Å²) in [6.45, 7) is 3.36. The summed E-state index contributed by atoms with van der Waals surface area (Å²) in [7, 11) is 1.98. The predicted octanol–water partition coefficient (Wildman–Crippen LogP) is 3.65. The van der Waals surface area contributed by atoms with Gasteiger partial charge in [-0.25, -0.2) is 0 Å². The highest BCUT2D eigenvalue weighted by molar-refractivity contribution is 5.45. The molecule has 2 aromatic carbocycles. The molecule has 0 bridgehead atoms. The fourth-order valence-electron chi connectivity index (χ4n) is 2.16. The molecule has 21 heavy (non-hydrogen) atoms. The standard InChI is InChI=1S/C18H23NO2/c1-3-13-21-17-11-9-15(10-12-17)18(20)14-19(2)16-7-5-4-6-8-16/h4-12,18,20H,3,13-14H2,1-2H3. The molecular weight excluding hydrogens is 262 g/mol. The van der Waals surface area contributed by atoms with E-state index < -0.39 is 6.10 Å². The van der Waals surface area contributed by atoms with E-state index in [9.17, 15) is 5.11 Å². The molecule has 0 heterocycles. The number of anilines is 1. The number of likely N-dealkylation sites (N-methyl/N-ethyl adjacent to an activating group) is 1. The summed E-state index contributed by atoms with van der Waals surface area (Å²) < 4.78 is 5.55. The minimum Gasteiger partial charge on any atom is -0.494 e. The Kier molecular flexibility index (Phi) is 5.64. The highest BCUT2D eigenvalue weighted by Gasteiger charge is 2.11. The van der Waals surface area contributed by atoms with Crippen LogP contribution in [0.25, 0.3) is 0 Å². The van der Waals surface area contributed by atoms with Gasteiger partial charge in [0.2, 0.25) is 0 Å². The van der Waals surface area contributed by atoms with E-state index >= 15 is 0 Å². The van der Waals surface area contributed by atoms with Crippen LogP contribution in [0.5, 0.6) is 5.75 Å². The van der Waals surface area contributed by atoms with Crippen molar-refractivity contribution in [3.8, 4) is 5.75 Å². The fraction of sp³-hybridized carbons (Fsp3) is 0.333. The number of ether oxygens (including phenoxy) is 1. The van der Waals surface area contributed by atoms with Crippen LogP contribution in [0.4, 0.5) is 5.69 Å². The van der Waals surface area contributed by atoms with Crippen LogP contribution in [-0.2, 0) is 0 Å². The second-order valence-electron chi connectivity index (χ2n) is 5.15. The average Bonchev–Trinajstić information content (AvgIpc) is 2.54. The SMILES string of the molecule is CCCOc1ccc(C(O)CN(C)c2ccccc2)cc1. The summed E-state index contributed by atoms with van der Waals surface area (Å²) in [6, 6.07) is 17.7. The molecule has 0 saturated carbocycles. The van der Waals surface area contributed by atoms with Crippen molar-refractivity contribution in [2.75, 3.05) is 25.1 Å². The van der Waals surface area contributed by atoms with Crippen molar-refractivity contribution in [1.82, 2.24) is 0 Å². The number of hydrogen-bond acceptors (Lipinski definition) is 3. The predicted molar refractivity (Wildman–Crippen MR) is 86.9 cm³/mol. The van der Waals surface area contributed by atoms with Crippen LogP contribution in [0.3, 0.4) is 0 Å². The van der Waals surface area contributed by atoms with Gasteiger partial charge in [0, 0.05) is 19.3 Å². The molecule has 3 heteroatoms. The maximum Gasteiger partial charge on any atom is 0.119 e. The molecule has 0 fully saturated rings. The zero-order valence-electron chi connectivity index (χ0n) is 12.7.